The van der Waals surface area contributed by atoms with E-state index in [0.717, 1.165) is 28.3 Å². The van der Waals surface area contributed by atoms with Crippen LogP contribution in [0.5, 0.6) is 0 Å². The van der Waals surface area contributed by atoms with E-state index in [9.17, 15) is 0 Å². The number of fused-ring (bicyclic) bond motifs is 1. The summed E-state index contributed by atoms with van der Waals surface area (Å²) in [6, 6.07) is 8.00. The molecule has 0 amide bonds. The van der Waals surface area contributed by atoms with Gasteiger partial charge in [0.15, 0.2) is 0 Å². The maximum absolute atomic E-state index is 5.93. The number of rotatable bonds is 3. The van der Waals surface area contributed by atoms with Gasteiger partial charge in [-0.25, -0.2) is 9.97 Å². The lowest BCUT2D eigenvalue weighted by atomic mass is 10.3. The van der Waals surface area contributed by atoms with Crippen LogP contribution in [0.25, 0.3) is 5.65 Å². The number of aryl methyl sites for hydroxylation is 2. The number of hydrogen-bond donors (Lipinski definition) is 1. The highest BCUT2D eigenvalue weighted by Gasteiger charge is 2.08. The topological polar surface area (TPSA) is 42.2 Å². The summed E-state index contributed by atoms with van der Waals surface area (Å²) in [5, 5.41) is 3.91. The van der Waals surface area contributed by atoms with Crippen molar-refractivity contribution >= 4 is 22.9 Å². The Kier molecular flexibility index (Phi) is 3.32. The third-order valence-electron chi connectivity index (χ3n) is 3.30. The van der Waals surface area contributed by atoms with Crippen LogP contribution in [0.3, 0.4) is 0 Å². The van der Waals surface area contributed by atoms with Crippen LogP contribution in [-0.2, 0) is 6.54 Å². The lowest BCUT2D eigenvalue weighted by Crippen LogP contribution is -2.04. The molecule has 0 spiro atoms. The molecule has 3 rings (SSSR count). The zero-order valence-corrected chi connectivity index (χ0v) is 12.1. The molecule has 1 N–H and O–H groups in total. The fraction of sp³-hybridized carbons (Fsp3) is 0.200. The monoisotopic (exact) mass is 286 g/mol. The number of nitrogens with one attached hydrogen (secondary N) is 1. The third kappa shape index (κ3) is 2.34. The summed E-state index contributed by atoms with van der Waals surface area (Å²) >= 11 is 5.93. The van der Waals surface area contributed by atoms with E-state index in [1.165, 1.54) is 0 Å². The second-order valence-electron chi connectivity index (χ2n) is 4.76. The van der Waals surface area contributed by atoms with Gasteiger partial charge in [-0.15, -0.1) is 0 Å². The summed E-state index contributed by atoms with van der Waals surface area (Å²) in [5.74, 6) is 0. The lowest BCUT2D eigenvalue weighted by Gasteiger charge is -2.08. The minimum Gasteiger partial charge on any atom is -0.378 e. The smallest absolute Gasteiger partial charge is 0.137 e. The maximum atomic E-state index is 5.93. The molecule has 20 heavy (non-hydrogen) atoms. The van der Waals surface area contributed by atoms with Gasteiger partial charge < -0.3 is 9.72 Å². The molecule has 4 nitrogen and oxygen atoms in total. The van der Waals surface area contributed by atoms with Gasteiger partial charge in [0.2, 0.25) is 0 Å². The molecule has 0 atom stereocenters. The average molecular weight is 287 g/mol. The summed E-state index contributed by atoms with van der Waals surface area (Å²) in [4.78, 5) is 8.69. The van der Waals surface area contributed by atoms with Crippen molar-refractivity contribution in [2.75, 3.05) is 5.32 Å². The van der Waals surface area contributed by atoms with Gasteiger partial charge in [0.05, 0.1) is 29.8 Å². The summed E-state index contributed by atoms with van der Waals surface area (Å²) in [7, 11) is 0. The van der Waals surface area contributed by atoms with E-state index in [0.29, 0.717) is 11.7 Å². The minimum atomic E-state index is 0.543. The Labute approximate surface area is 122 Å². The summed E-state index contributed by atoms with van der Waals surface area (Å²) in [5.41, 5.74) is 5.06. The summed E-state index contributed by atoms with van der Waals surface area (Å²) in [6.07, 6.45) is 3.77. The molecular formula is C15H15ClN4. The lowest BCUT2D eigenvalue weighted by molar-refractivity contribution is 0.984. The Morgan fingerprint density at radius 1 is 1.30 bits per heavy atom. The third-order valence-corrected chi connectivity index (χ3v) is 3.70. The van der Waals surface area contributed by atoms with Crippen molar-refractivity contribution in [2.45, 2.75) is 20.4 Å². The quantitative estimate of drug-likeness (QED) is 0.748. The van der Waals surface area contributed by atoms with Crippen LogP contribution in [0.1, 0.15) is 17.0 Å². The maximum Gasteiger partial charge on any atom is 0.137 e. The van der Waals surface area contributed by atoms with Crippen molar-refractivity contribution in [3.63, 3.8) is 0 Å². The molecule has 3 aromatic heterocycles. The van der Waals surface area contributed by atoms with Crippen LogP contribution in [0.4, 0.5) is 5.69 Å². The first kappa shape index (κ1) is 12.9. The van der Waals surface area contributed by atoms with Crippen molar-refractivity contribution in [2.24, 2.45) is 0 Å². The fourth-order valence-corrected chi connectivity index (χ4v) is 2.32. The molecular weight excluding hydrogens is 272 g/mol. The number of hydrogen-bond acceptors (Lipinski definition) is 3. The van der Waals surface area contributed by atoms with Crippen molar-refractivity contribution in [1.82, 2.24) is 14.4 Å². The molecule has 3 heterocycles. The highest BCUT2D eigenvalue weighted by molar-refractivity contribution is 6.30. The number of halogens is 1. The first-order chi connectivity index (χ1) is 9.65. The molecule has 102 valence electrons. The number of anilines is 1. The van der Waals surface area contributed by atoms with E-state index in [1.54, 1.807) is 6.20 Å². The van der Waals surface area contributed by atoms with Crippen molar-refractivity contribution in [3.05, 3.63) is 58.8 Å². The Bertz CT molecular complexity index is 764. The van der Waals surface area contributed by atoms with Crippen LogP contribution in [0, 0.1) is 13.8 Å². The summed E-state index contributed by atoms with van der Waals surface area (Å²) in [6.45, 7) is 4.66. The van der Waals surface area contributed by atoms with Gasteiger partial charge in [0.25, 0.3) is 0 Å². The Balaban J connectivity index is 1.86. The number of aromatic nitrogens is 3. The Hall–Kier alpha value is -2.07. The van der Waals surface area contributed by atoms with Crippen molar-refractivity contribution in [3.8, 4) is 0 Å². The van der Waals surface area contributed by atoms with E-state index in [-0.39, 0.29) is 0 Å². The van der Waals surface area contributed by atoms with Gasteiger partial charge in [-0.2, -0.15) is 0 Å². The average Bonchev–Trinajstić information content (AvgIpc) is 2.76. The SMILES string of the molecule is Cc1cc(NCc2c(C)nc3ccccn23)cnc1Cl. The number of imidazole rings is 1. The van der Waals surface area contributed by atoms with Crippen LogP contribution in [0.2, 0.25) is 5.15 Å². The van der Waals surface area contributed by atoms with E-state index in [4.69, 9.17) is 11.6 Å². The first-order valence-corrected chi connectivity index (χ1v) is 6.81. The van der Waals surface area contributed by atoms with Crippen molar-refractivity contribution in [1.29, 1.82) is 0 Å². The Morgan fingerprint density at radius 2 is 2.15 bits per heavy atom. The standard InChI is InChI=1S/C15H15ClN4/c1-10-7-12(8-18-15(10)16)17-9-13-11(2)19-14-5-3-4-6-20(13)14/h3-8,17H,9H2,1-2H3. The van der Waals surface area contributed by atoms with E-state index >= 15 is 0 Å². The molecule has 0 aliphatic heterocycles. The van der Waals surface area contributed by atoms with Gasteiger partial charge in [-0.3, -0.25) is 0 Å². The number of pyridine rings is 2. The zero-order chi connectivity index (χ0) is 14.1. The molecule has 0 aliphatic rings. The molecule has 0 saturated carbocycles. The van der Waals surface area contributed by atoms with Gasteiger partial charge in [-0.1, -0.05) is 17.7 Å². The van der Waals surface area contributed by atoms with Crippen LogP contribution >= 0.6 is 11.6 Å². The van der Waals surface area contributed by atoms with Crippen LogP contribution < -0.4 is 5.32 Å². The molecule has 0 radical (unpaired) electrons. The summed E-state index contributed by atoms with van der Waals surface area (Å²) < 4.78 is 2.10. The predicted octanol–water partition coefficient (Wildman–Crippen LogP) is 3.61. The molecule has 3 aromatic rings. The van der Waals surface area contributed by atoms with Gasteiger partial charge in [-0.05, 0) is 37.6 Å². The second-order valence-corrected chi connectivity index (χ2v) is 5.12. The predicted molar refractivity (Wildman–Crippen MR) is 81.2 cm³/mol. The largest absolute Gasteiger partial charge is 0.378 e. The van der Waals surface area contributed by atoms with Gasteiger partial charge in [0.1, 0.15) is 10.8 Å². The highest BCUT2D eigenvalue weighted by Crippen LogP contribution is 2.18. The van der Waals surface area contributed by atoms with Gasteiger partial charge in [0, 0.05) is 6.20 Å². The fourth-order valence-electron chi connectivity index (χ4n) is 2.22. The highest BCUT2D eigenvalue weighted by atomic mass is 35.5. The first-order valence-electron chi connectivity index (χ1n) is 6.44. The second kappa shape index (κ2) is 5.13. The van der Waals surface area contributed by atoms with Crippen LogP contribution in [-0.4, -0.2) is 14.4 Å². The van der Waals surface area contributed by atoms with E-state index in [1.807, 2.05) is 44.3 Å². The molecule has 0 aliphatic carbocycles. The van der Waals surface area contributed by atoms with Gasteiger partial charge >= 0.3 is 0 Å². The minimum absolute atomic E-state index is 0.543. The zero-order valence-electron chi connectivity index (χ0n) is 11.4. The van der Waals surface area contributed by atoms with Crippen LogP contribution in [0.15, 0.2) is 36.7 Å². The molecule has 0 bridgehead atoms. The molecule has 0 aromatic carbocycles. The molecule has 0 fully saturated rings. The molecule has 0 saturated heterocycles. The number of nitrogens with zero attached hydrogens (tertiary/aromatic N) is 3. The normalized spacial score (nSPS) is 10.9. The van der Waals surface area contributed by atoms with E-state index in [2.05, 4.69) is 19.7 Å². The van der Waals surface area contributed by atoms with E-state index < -0.39 is 0 Å². The molecule has 5 heteroatoms. The molecule has 0 unspecified atom stereocenters. The van der Waals surface area contributed by atoms with Crippen molar-refractivity contribution < 1.29 is 0 Å². The Morgan fingerprint density at radius 3 is 2.95 bits per heavy atom.